The number of rotatable bonds is 5. The Morgan fingerprint density at radius 1 is 1.08 bits per heavy atom. The van der Waals surface area contributed by atoms with Crippen LogP contribution < -0.4 is 15.6 Å². The minimum atomic E-state index is -0.549. The summed E-state index contributed by atoms with van der Waals surface area (Å²) in [4.78, 5) is 23.2. The molecule has 7 heteroatoms. The first-order valence-electron chi connectivity index (χ1n) is 7.02. The van der Waals surface area contributed by atoms with Crippen LogP contribution in [0.2, 0.25) is 0 Å². The van der Waals surface area contributed by atoms with Gasteiger partial charge >= 0.3 is 0 Å². The molecule has 0 aliphatic carbocycles. The molecule has 6 nitrogen and oxygen atoms in total. The summed E-state index contributed by atoms with van der Waals surface area (Å²) in [6.07, 6.45) is -0.0610. The van der Waals surface area contributed by atoms with Crippen LogP contribution in [0.25, 0.3) is 0 Å². The van der Waals surface area contributed by atoms with Crippen LogP contribution in [-0.4, -0.2) is 18.4 Å². The number of hydrogen-bond donors (Lipinski definition) is 2. The number of benzene rings is 2. The van der Waals surface area contributed by atoms with E-state index in [1.807, 2.05) is 6.07 Å². The summed E-state index contributed by atoms with van der Waals surface area (Å²) in [6, 6.07) is 13.9. The zero-order chi connectivity index (χ0) is 17.4. The van der Waals surface area contributed by atoms with E-state index in [1.165, 1.54) is 18.2 Å². The smallest absolute Gasteiger partial charge is 0.276 e. The van der Waals surface area contributed by atoms with Gasteiger partial charge in [-0.25, -0.2) is 4.39 Å². The van der Waals surface area contributed by atoms with Gasteiger partial charge < -0.3 is 4.74 Å². The molecule has 2 rings (SSSR count). The summed E-state index contributed by atoms with van der Waals surface area (Å²) >= 11 is 0. The molecule has 0 unspecified atom stereocenters. The molecule has 0 aliphatic rings. The predicted molar refractivity (Wildman–Crippen MR) is 83.0 cm³/mol. The van der Waals surface area contributed by atoms with E-state index in [2.05, 4.69) is 10.9 Å². The van der Waals surface area contributed by atoms with E-state index in [-0.39, 0.29) is 13.0 Å². The van der Waals surface area contributed by atoms with Crippen LogP contribution >= 0.6 is 0 Å². The molecule has 0 saturated carbocycles. The fourth-order valence-electron chi connectivity index (χ4n) is 1.83. The third kappa shape index (κ3) is 5.42. The van der Waals surface area contributed by atoms with Gasteiger partial charge in [0, 0.05) is 0 Å². The Bertz CT molecular complexity index is 769. The second kappa shape index (κ2) is 8.29. The monoisotopic (exact) mass is 327 g/mol. The minimum absolute atomic E-state index is 0.0610. The van der Waals surface area contributed by atoms with E-state index in [0.29, 0.717) is 16.9 Å². The molecule has 2 aromatic rings. The van der Waals surface area contributed by atoms with Gasteiger partial charge in [-0.05, 0) is 42.0 Å². The first kappa shape index (κ1) is 17.0. The number of carbonyl (C=O) groups excluding carboxylic acids is 2. The van der Waals surface area contributed by atoms with Gasteiger partial charge in [-0.2, -0.15) is 5.26 Å². The van der Waals surface area contributed by atoms with Crippen LogP contribution in [0.15, 0.2) is 48.5 Å². The molecular weight excluding hydrogens is 313 g/mol. The molecule has 122 valence electrons. The van der Waals surface area contributed by atoms with Crippen molar-refractivity contribution in [2.45, 2.75) is 6.42 Å². The predicted octanol–water partition coefficient (Wildman–Crippen LogP) is 1.47. The maximum absolute atomic E-state index is 13.0. The number of nitrogens with one attached hydrogen (secondary N) is 2. The lowest BCUT2D eigenvalue weighted by Crippen LogP contribution is -2.44. The SMILES string of the molecule is N#Cc1ccc(OCC(=O)NNC(=O)Cc2cccc(F)c2)cc1. The summed E-state index contributed by atoms with van der Waals surface area (Å²) < 4.78 is 18.2. The average Bonchev–Trinajstić information content (AvgIpc) is 2.58. The molecule has 2 N–H and O–H groups in total. The normalized spacial score (nSPS) is 9.67. The van der Waals surface area contributed by atoms with Gasteiger partial charge in [-0.3, -0.25) is 20.4 Å². The Morgan fingerprint density at radius 2 is 1.79 bits per heavy atom. The lowest BCUT2D eigenvalue weighted by molar-refractivity contribution is -0.129. The summed E-state index contributed by atoms with van der Waals surface area (Å²) in [5.41, 5.74) is 5.40. The van der Waals surface area contributed by atoms with Gasteiger partial charge in [-0.1, -0.05) is 12.1 Å². The molecule has 2 aromatic carbocycles. The number of ether oxygens (including phenoxy) is 1. The van der Waals surface area contributed by atoms with Crippen LogP contribution in [0.3, 0.4) is 0 Å². The molecule has 0 bridgehead atoms. The Balaban J connectivity index is 1.72. The van der Waals surface area contributed by atoms with Crippen LogP contribution in [0.5, 0.6) is 5.75 Å². The molecule has 0 aromatic heterocycles. The molecular formula is C17H14FN3O3. The third-order valence-corrected chi connectivity index (χ3v) is 2.95. The highest BCUT2D eigenvalue weighted by atomic mass is 19.1. The highest BCUT2D eigenvalue weighted by Gasteiger charge is 2.07. The second-order valence-electron chi connectivity index (χ2n) is 4.83. The molecule has 0 radical (unpaired) electrons. The van der Waals surface area contributed by atoms with Crippen molar-refractivity contribution >= 4 is 11.8 Å². The molecule has 24 heavy (non-hydrogen) atoms. The quantitative estimate of drug-likeness (QED) is 0.814. The van der Waals surface area contributed by atoms with Crippen LogP contribution in [0.1, 0.15) is 11.1 Å². The first-order valence-corrected chi connectivity index (χ1v) is 7.02. The number of nitriles is 1. The van der Waals surface area contributed by atoms with E-state index in [9.17, 15) is 14.0 Å². The first-order chi connectivity index (χ1) is 11.6. The largest absolute Gasteiger partial charge is 0.484 e. The number of hydrazine groups is 1. The zero-order valence-electron chi connectivity index (χ0n) is 12.6. The van der Waals surface area contributed by atoms with Crippen molar-refractivity contribution in [2.24, 2.45) is 0 Å². The zero-order valence-corrected chi connectivity index (χ0v) is 12.6. The topological polar surface area (TPSA) is 91.2 Å². The number of nitrogens with zero attached hydrogens (tertiary/aromatic N) is 1. The van der Waals surface area contributed by atoms with Crippen molar-refractivity contribution in [3.05, 3.63) is 65.5 Å². The van der Waals surface area contributed by atoms with Gasteiger partial charge in [0.2, 0.25) is 5.91 Å². The molecule has 0 aliphatic heterocycles. The van der Waals surface area contributed by atoms with Crippen molar-refractivity contribution in [3.63, 3.8) is 0 Å². The minimum Gasteiger partial charge on any atom is -0.484 e. The van der Waals surface area contributed by atoms with Crippen molar-refractivity contribution in [3.8, 4) is 11.8 Å². The van der Waals surface area contributed by atoms with Crippen LogP contribution in [-0.2, 0) is 16.0 Å². The molecule has 2 amide bonds. The van der Waals surface area contributed by atoms with Crippen molar-refractivity contribution in [1.82, 2.24) is 10.9 Å². The fraction of sp³-hybridized carbons (Fsp3) is 0.118. The van der Waals surface area contributed by atoms with Crippen LogP contribution in [0.4, 0.5) is 4.39 Å². The van der Waals surface area contributed by atoms with E-state index >= 15 is 0 Å². The summed E-state index contributed by atoms with van der Waals surface area (Å²) in [6.45, 7) is -0.299. The number of halogens is 1. The van der Waals surface area contributed by atoms with Gasteiger partial charge in [0.15, 0.2) is 6.61 Å². The Kier molecular flexibility index (Phi) is 5.86. The molecule has 0 spiro atoms. The lowest BCUT2D eigenvalue weighted by Gasteiger charge is -2.09. The number of amides is 2. The molecule has 0 heterocycles. The maximum atomic E-state index is 13.0. The van der Waals surface area contributed by atoms with Crippen LogP contribution in [0, 0.1) is 17.1 Å². The highest BCUT2D eigenvalue weighted by molar-refractivity contribution is 5.83. The highest BCUT2D eigenvalue weighted by Crippen LogP contribution is 2.11. The molecule has 0 atom stereocenters. The molecule has 0 fully saturated rings. The Hall–Kier alpha value is -3.40. The van der Waals surface area contributed by atoms with E-state index in [1.54, 1.807) is 30.3 Å². The summed E-state index contributed by atoms with van der Waals surface area (Å²) in [7, 11) is 0. The van der Waals surface area contributed by atoms with Crippen molar-refractivity contribution in [2.75, 3.05) is 6.61 Å². The Morgan fingerprint density at radius 3 is 2.46 bits per heavy atom. The molecule has 0 saturated heterocycles. The summed E-state index contributed by atoms with van der Waals surface area (Å²) in [5.74, 6) is -1.03. The standard InChI is InChI=1S/C17H14FN3O3/c18-14-3-1-2-13(8-14)9-16(22)20-21-17(23)11-24-15-6-4-12(10-19)5-7-15/h1-8H,9,11H2,(H,20,22)(H,21,23). The third-order valence-electron chi connectivity index (χ3n) is 2.95. The second-order valence-corrected chi connectivity index (χ2v) is 4.83. The number of hydrogen-bond acceptors (Lipinski definition) is 4. The van der Waals surface area contributed by atoms with Crippen molar-refractivity contribution in [1.29, 1.82) is 5.26 Å². The lowest BCUT2D eigenvalue weighted by atomic mass is 10.1. The van der Waals surface area contributed by atoms with E-state index in [4.69, 9.17) is 10.00 Å². The van der Waals surface area contributed by atoms with Crippen molar-refractivity contribution < 1.29 is 18.7 Å². The van der Waals surface area contributed by atoms with E-state index < -0.39 is 17.6 Å². The average molecular weight is 327 g/mol. The van der Waals surface area contributed by atoms with Gasteiger partial charge in [0.25, 0.3) is 5.91 Å². The van der Waals surface area contributed by atoms with E-state index in [0.717, 1.165) is 0 Å². The summed E-state index contributed by atoms with van der Waals surface area (Å²) in [5, 5.41) is 8.67. The van der Waals surface area contributed by atoms with Gasteiger partial charge in [0.1, 0.15) is 11.6 Å². The maximum Gasteiger partial charge on any atom is 0.276 e. The van der Waals surface area contributed by atoms with Gasteiger partial charge in [0.05, 0.1) is 18.1 Å². The number of carbonyl (C=O) groups is 2. The Labute approximate surface area is 137 Å². The van der Waals surface area contributed by atoms with Gasteiger partial charge in [-0.15, -0.1) is 0 Å². The fourth-order valence-corrected chi connectivity index (χ4v) is 1.83.